The summed E-state index contributed by atoms with van der Waals surface area (Å²) in [5.74, 6) is -0.370. The Balaban J connectivity index is 2.80. The molecule has 0 radical (unpaired) electrons. The molecule has 1 heterocycles. The minimum absolute atomic E-state index is 0.00787. The summed E-state index contributed by atoms with van der Waals surface area (Å²) in [5, 5.41) is 22.2. The van der Waals surface area contributed by atoms with Crippen molar-refractivity contribution in [1.29, 1.82) is 0 Å². The summed E-state index contributed by atoms with van der Waals surface area (Å²) < 4.78 is 1.42. The van der Waals surface area contributed by atoms with E-state index >= 15 is 0 Å². The van der Waals surface area contributed by atoms with Crippen LogP contribution in [-0.4, -0.2) is 33.2 Å². The zero-order chi connectivity index (χ0) is 13.7. The lowest BCUT2D eigenvalue weighted by Crippen LogP contribution is -2.35. The molecule has 0 spiro atoms. The molecule has 7 nitrogen and oxygen atoms in total. The second-order valence-electron chi connectivity index (χ2n) is 4.04. The largest absolute Gasteiger partial charge is 0.396 e. The predicted molar refractivity (Wildman–Crippen MR) is 65.3 cm³/mol. The molecule has 1 unspecified atom stereocenters. The number of carbonyl (C=O) groups excluding carboxylic acids is 1. The highest BCUT2D eigenvalue weighted by Gasteiger charge is 2.19. The van der Waals surface area contributed by atoms with E-state index in [1.165, 1.54) is 16.8 Å². The second kappa shape index (κ2) is 6.15. The van der Waals surface area contributed by atoms with Gasteiger partial charge in [0.2, 0.25) is 0 Å². The molecule has 0 aromatic carbocycles. The maximum atomic E-state index is 11.9. The number of carbonyl (C=O) groups is 1. The van der Waals surface area contributed by atoms with E-state index in [9.17, 15) is 14.9 Å². The highest BCUT2D eigenvalue weighted by molar-refractivity contribution is 5.93. The number of nitrogens with one attached hydrogen (secondary N) is 1. The van der Waals surface area contributed by atoms with E-state index in [4.69, 9.17) is 5.11 Å². The molecular weight excluding hydrogens is 238 g/mol. The molecule has 1 aromatic rings. The summed E-state index contributed by atoms with van der Waals surface area (Å²) in [5.41, 5.74) is 0.121. The summed E-state index contributed by atoms with van der Waals surface area (Å²) in [4.78, 5) is 22.0. The number of rotatable bonds is 6. The molecule has 0 aliphatic carbocycles. The molecule has 0 fully saturated rings. The third kappa shape index (κ3) is 3.30. The molecule has 0 aliphatic heterocycles. The van der Waals surface area contributed by atoms with E-state index in [2.05, 4.69) is 5.32 Å². The standard InChI is InChI=1S/C11H17N3O4/c1-3-8(4-5-15)12-11(16)10-6-9(14(17)18)7-13(10)2/h6-8,15H,3-5H2,1-2H3,(H,12,16). The SMILES string of the molecule is CCC(CCO)NC(=O)c1cc([N+](=O)[O-])cn1C. The topological polar surface area (TPSA) is 97.4 Å². The molecule has 1 amide bonds. The number of hydrogen-bond acceptors (Lipinski definition) is 4. The van der Waals surface area contributed by atoms with E-state index in [1.807, 2.05) is 6.92 Å². The minimum atomic E-state index is -0.540. The molecule has 0 bridgehead atoms. The molecule has 2 N–H and O–H groups in total. The molecule has 0 saturated carbocycles. The van der Waals surface area contributed by atoms with Gasteiger partial charge in [-0.15, -0.1) is 0 Å². The summed E-state index contributed by atoms with van der Waals surface area (Å²) in [6.45, 7) is 1.89. The van der Waals surface area contributed by atoms with Gasteiger partial charge in [-0.05, 0) is 12.8 Å². The van der Waals surface area contributed by atoms with Crippen molar-refractivity contribution in [3.8, 4) is 0 Å². The maximum Gasteiger partial charge on any atom is 0.287 e. The fourth-order valence-electron chi connectivity index (χ4n) is 1.67. The summed E-state index contributed by atoms with van der Waals surface area (Å²) in [6, 6.07) is 1.11. The normalized spacial score (nSPS) is 12.2. The third-order valence-electron chi connectivity index (χ3n) is 2.74. The lowest BCUT2D eigenvalue weighted by molar-refractivity contribution is -0.384. The lowest BCUT2D eigenvalue weighted by Gasteiger charge is -2.15. The van der Waals surface area contributed by atoms with Crippen LogP contribution in [0.2, 0.25) is 0 Å². The average molecular weight is 255 g/mol. The third-order valence-corrected chi connectivity index (χ3v) is 2.74. The van der Waals surface area contributed by atoms with E-state index in [1.54, 1.807) is 7.05 Å². The van der Waals surface area contributed by atoms with Crippen LogP contribution in [0.4, 0.5) is 5.69 Å². The van der Waals surface area contributed by atoms with Crippen molar-refractivity contribution >= 4 is 11.6 Å². The molecule has 18 heavy (non-hydrogen) atoms. The number of aryl methyl sites for hydroxylation is 1. The second-order valence-corrected chi connectivity index (χ2v) is 4.04. The lowest BCUT2D eigenvalue weighted by atomic mass is 10.1. The first-order chi connectivity index (χ1) is 8.49. The minimum Gasteiger partial charge on any atom is -0.396 e. The Morgan fingerprint density at radius 1 is 1.67 bits per heavy atom. The fraction of sp³-hybridized carbons (Fsp3) is 0.545. The zero-order valence-electron chi connectivity index (χ0n) is 10.4. The van der Waals surface area contributed by atoms with Crippen molar-refractivity contribution in [2.24, 2.45) is 7.05 Å². The first-order valence-electron chi connectivity index (χ1n) is 5.72. The predicted octanol–water partition coefficient (Wildman–Crippen LogP) is 0.824. The van der Waals surface area contributed by atoms with Gasteiger partial charge in [-0.2, -0.15) is 0 Å². The molecular formula is C11H17N3O4. The molecule has 1 aromatic heterocycles. The van der Waals surface area contributed by atoms with Crippen LogP contribution in [0.1, 0.15) is 30.3 Å². The van der Waals surface area contributed by atoms with Gasteiger partial charge in [-0.1, -0.05) is 6.92 Å². The van der Waals surface area contributed by atoms with Crippen LogP contribution in [0.25, 0.3) is 0 Å². The molecule has 1 rings (SSSR count). The van der Waals surface area contributed by atoms with Crippen LogP contribution in [0.5, 0.6) is 0 Å². The van der Waals surface area contributed by atoms with Gasteiger partial charge in [0.1, 0.15) is 5.69 Å². The van der Waals surface area contributed by atoms with Crippen molar-refractivity contribution in [3.05, 3.63) is 28.1 Å². The van der Waals surface area contributed by atoms with Crippen LogP contribution in [0.3, 0.4) is 0 Å². The fourth-order valence-corrected chi connectivity index (χ4v) is 1.67. The molecule has 1 atom stereocenters. The van der Waals surface area contributed by atoms with Crippen LogP contribution in [-0.2, 0) is 7.05 Å². The van der Waals surface area contributed by atoms with Crippen molar-refractivity contribution in [2.75, 3.05) is 6.61 Å². The Hall–Kier alpha value is -1.89. The summed E-state index contributed by atoms with van der Waals surface area (Å²) in [6.07, 6.45) is 2.45. The van der Waals surface area contributed by atoms with Gasteiger partial charge in [0.15, 0.2) is 0 Å². The highest BCUT2D eigenvalue weighted by atomic mass is 16.6. The van der Waals surface area contributed by atoms with Crippen molar-refractivity contribution in [1.82, 2.24) is 9.88 Å². The van der Waals surface area contributed by atoms with Gasteiger partial charge in [-0.3, -0.25) is 14.9 Å². The Morgan fingerprint density at radius 2 is 2.33 bits per heavy atom. The van der Waals surface area contributed by atoms with Gasteiger partial charge < -0.3 is 15.0 Å². The van der Waals surface area contributed by atoms with Crippen LogP contribution >= 0.6 is 0 Å². The van der Waals surface area contributed by atoms with Crippen molar-refractivity contribution in [3.63, 3.8) is 0 Å². The molecule has 0 saturated heterocycles. The molecule has 7 heteroatoms. The molecule has 100 valence electrons. The molecule has 0 aliphatic rings. The number of nitro groups is 1. The highest BCUT2D eigenvalue weighted by Crippen LogP contribution is 2.15. The summed E-state index contributed by atoms with van der Waals surface area (Å²) in [7, 11) is 1.58. The van der Waals surface area contributed by atoms with Gasteiger partial charge in [0.05, 0.1) is 11.1 Å². The Kier molecular flexibility index (Phi) is 4.85. The monoisotopic (exact) mass is 255 g/mol. The summed E-state index contributed by atoms with van der Waals surface area (Å²) >= 11 is 0. The van der Waals surface area contributed by atoms with Gasteiger partial charge in [-0.25, -0.2) is 0 Å². The number of amides is 1. The number of nitrogens with zero attached hydrogens (tertiary/aromatic N) is 2. The number of aliphatic hydroxyl groups is 1. The van der Waals surface area contributed by atoms with Crippen molar-refractivity contribution < 1.29 is 14.8 Å². The Labute approximate surface area is 105 Å². The van der Waals surface area contributed by atoms with E-state index in [0.29, 0.717) is 12.8 Å². The average Bonchev–Trinajstić information content (AvgIpc) is 2.71. The first-order valence-corrected chi connectivity index (χ1v) is 5.72. The number of hydrogen-bond donors (Lipinski definition) is 2. The van der Waals surface area contributed by atoms with Crippen LogP contribution in [0.15, 0.2) is 12.3 Å². The van der Waals surface area contributed by atoms with Crippen LogP contribution in [0, 0.1) is 10.1 Å². The maximum absolute atomic E-state index is 11.9. The van der Waals surface area contributed by atoms with E-state index < -0.39 is 4.92 Å². The van der Waals surface area contributed by atoms with Gasteiger partial charge in [0.25, 0.3) is 11.6 Å². The smallest absolute Gasteiger partial charge is 0.287 e. The Bertz CT molecular complexity index is 441. The quantitative estimate of drug-likeness (QED) is 0.581. The van der Waals surface area contributed by atoms with Crippen molar-refractivity contribution in [2.45, 2.75) is 25.8 Å². The van der Waals surface area contributed by atoms with Crippen LogP contribution < -0.4 is 5.32 Å². The number of aliphatic hydroxyl groups excluding tert-OH is 1. The van der Waals surface area contributed by atoms with Gasteiger partial charge in [0, 0.05) is 25.8 Å². The van der Waals surface area contributed by atoms with E-state index in [0.717, 1.165) is 0 Å². The van der Waals surface area contributed by atoms with E-state index in [-0.39, 0.29) is 29.9 Å². The zero-order valence-corrected chi connectivity index (χ0v) is 10.4. The van der Waals surface area contributed by atoms with Gasteiger partial charge >= 0.3 is 0 Å². The first kappa shape index (κ1) is 14.2. The number of aromatic nitrogens is 1. The Morgan fingerprint density at radius 3 is 2.78 bits per heavy atom.